The highest BCUT2D eigenvalue weighted by molar-refractivity contribution is 5.76. The Morgan fingerprint density at radius 2 is 1.78 bits per heavy atom. The average molecular weight is 255 g/mol. The van der Waals surface area contributed by atoms with E-state index in [0.717, 1.165) is 45.7 Å². The Morgan fingerprint density at radius 1 is 1.11 bits per heavy atom. The van der Waals surface area contributed by atoms with Gasteiger partial charge in [-0.05, 0) is 31.8 Å². The third kappa shape index (κ3) is 5.83. The highest BCUT2D eigenvalue weighted by atomic mass is 16.2. The standard InChI is InChI=1S/C14H29N3O/c1-13(2)12-14(18)17-10-8-16(9-11-17)7-5-3-4-6-15/h13H,3-12,15H2,1-2H3. The average Bonchev–Trinajstić information content (AvgIpc) is 2.34. The molecule has 0 saturated carbocycles. The molecule has 1 aliphatic heterocycles. The molecule has 1 heterocycles. The molecule has 0 aromatic carbocycles. The van der Waals surface area contributed by atoms with Gasteiger partial charge in [0.2, 0.25) is 5.91 Å². The van der Waals surface area contributed by atoms with Gasteiger partial charge in [-0.25, -0.2) is 0 Å². The van der Waals surface area contributed by atoms with E-state index in [2.05, 4.69) is 18.7 Å². The normalized spacial score (nSPS) is 17.4. The van der Waals surface area contributed by atoms with Crippen LogP contribution in [0.5, 0.6) is 0 Å². The maximum Gasteiger partial charge on any atom is 0.222 e. The Morgan fingerprint density at radius 3 is 2.33 bits per heavy atom. The quantitative estimate of drug-likeness (QED) is 0.698. The molecule has 0 unspecified atom stereocenters. The molecule has 1 aliphatic rings. The lowest BCUT2D eigenvalue weighted by molar-refractivity contribution is -0.133. The van der Waals surface area contributed by atoms with Gasteiger partial charge in [0.15, 0.2) is 0 Å². The number of nitrogens with zero attached hydrogens (tertiary/aromatic N) is 2. The molecule has 18 heavy (non-hydrogen) atoms. The van der Waals surface area contributed by atoms with Gasteiger partial charge in [0.1, 0.15) is 0 Å². The monoisotopic (exact) mass is 255 g/mol. The van der Waals surface area contributed by atoms with Gasteiger partial charge < -0.3 is 10.6 Å². The summed E-state index contributed by atoms with van der Waals surface area (Å²) < 4.78 is 0. The van der Waals surface area contributed by atoms with Crippen LogP contribution in [0.15, 0.2) is 0 Å². The van der Waals surface area contributed by atoms with Gasteiger partial charge >= 0.3 is 0 Å². The second-order valence-electron chi connectivity index (χ2n) is 5.67. The first-order chi connectivity index (χ1) is 8.63. The van der Waals surface area contributed by atoms with Crippen molar-refractivity contribution < 1.29 is 4.79 Å². The molecule has 1 saturated heterocycles. The Hall–Kier alpha value is -0.610. The molecule has 4 nitrogen and oxygen atoms in total. The molecular weight excluding hydrogens is 226 g/mol. The van der Waals surface area contributed by atoms with Gasteiger partial charge in [-0.15, -0.1) is 0 Å². The van der Waals surface area contributed by atoms with E-state index in [4.69, 9.17) is 5.73 Å². The highest BCUT2D eigenvalue weighted by Crippen LogP contribution is 2.09. The summed E-state index contributed by atoms with van der Waals surface area (Å²) in [5, 5.41) is 0. The number of nitrogens with two attached hydrogens (primary N) is 1. The Kier molecular flexibility index (Phi) is 7.28. The number of carbonyl (C=O) groups excluding carboxylic acids is 1. The SMILES string of the molecule is CC(C)CC(=O)N1CCN(CCCCCN)CC1. The zero-order chi connectivity index (χ0) is 13.4. The van der Waals surface area contributed by atoms with E-state index >= 15 is 0 Å². The molecule has 0 aliphatic carbocycles. The van der Waals surface area contributed by atoms with Crippen molar-refractivity contribution in [3.63, 3.8) is 0 Å². The number of unbranched alkanes of at least 4 members (excludes halogenated alkanes) is 2. The maximum absolute atomic E-state index is 11.9. The second-order valence-corrected chi connectivity index (χ2v) is 5.67. The van der Waals surface area contributed by atoms with E-state index < -0.39 is 0 Å². The second kappa shape index (κ2) is 8.48. The molecule has 1 amide bonds. The summed E-state index contributed by atoms with van der Waals surface area (Å²) in [7, 11) is 0. The van der Waals surface area contributed by atoms with E-state index in [-0.39, 0.29) is 0 Å². The minimum atomic E-state index is 0.327. The van der Waals surface area contributed by atoms with Gasteiger partial charge in [-0.3, -0.25) is 9.69 Å². The predicted molar refractivity (Wildman–Crippen MR) is 75.4 cm³/mol. The number of carbonyl (C=O) groups is 1. The van der Waals surface area contributed by atoms with Gasteiger partial charge in [-0.2, -0.15) is 0 Å². The number of piperazine rings is 1. The topological polar surface area (TPSA) is 49.6 Å². The smallest absolute Gasteiger partial charge is 0.222 e. The summed E-state index contributed by atoms with van der Waals surface area (Å²) in [6, 6.07) is 0. The molecule has 4 heteroatoms. The van der Waals surface area contributed by atoms with Crippen molar-refractivity contribution >= 4 is 5.91 Å². The third-order valence-corrected chi connectivity index (χ3v) is 3.49. The zero-order valence-corrected chi connectivity index (χ0v) is 12.0. The van der Waals surface area contributed by atoms with Crippen LogP contribution >= 0.6 is 0 Å². The number of hydrogen-bond donors (Lipinski definition) is 1. The number of amides is 1. The zero-order valence-electron chi connectivity index (χ0n) is 12.0. The minimum absolute atomic E-state index is 0.327. The Labute approximate surface area is 111 Å². The van der Waals surface area contributed by atoms with Crippen molar-refractivity contribution in [1.82, 2.24) is 9.80 Å². The van der Waals surface area contributed by atoms with E-state index in [9.17, 15) is 4.79 Å². The van der Waals surface area contributed by atoms with E-state index in [1.165, 1.54) is 12.8 Å². The predicted octanol–water partition coefficient (Wildman–Crippen LogP) is 1.31. The molecule has 0 bridgehead atoms. The molecule has 0 aromatic heterocycles. The minimum Gasteiger partial charge on any atom is -0.340 e. The molecule has 0 atom stereocenters. The van der Waals surface area contributed by atoms with Crippen molar-refractivity contribution in [3.8, 4) is 0 Å². The summed E-state index contributed by atoms with van der Waals surface area (Å²) in [6.07, 6.45) is 4.28. The lowest BCUT2D eigenvalue weighted by Gasteiger charge is -2.35. The van der Waals surface area contributed by atoms with Crippen LogP contribution in [-0.2, 0) is 4.79 Å². The van der Waals surface area contributed by atoms with E-state index in [1.807, 2.05) is 4.90 Å². The van der Waals surface area contributed by atoms with Crippen LogP contribution in [0.3, 0.4) is 0 Å². The first-order valence-electron chi connectivity index (χ1n) is 7.33. The van der Waals surface area contributed by atoms with Crippen molar-refractivity contribution in [2.45, 2.75) is 39.5 Å². The van der Waals surface area contributed by atoms with Crippen molar-refractivity contribution in [2.75, 3.05) is 39.3 Å². The molecule has 1 fully saturated rings. The lowest BCUT2D eigenvalue weighted by atomic mass is 10.1. The van der Waals surface area contributed by atoms with Crippen LogP contribution < -0.4 is 5.73 Å². The molecule has 0 aromatic rings. The molecule has 106 valence electrons. The fraction of sp³-hybridized carbons (Fsp3) is 0.929. The summed E-state index contributed by atoms with van der Waals surface area (Å²) >= 11 is 0. The number of rotatable bonds is 7. The molecule has 2 N–H and O–H groups in total. The summed E-state index contributed by atoms with van der Waals surface area (Å²) in [4.78, 5) is 16.4. The van der Waals surface area contributed by atoms with Crippen LogP contribution in [0.4, 0.5) is 0 Å². The first-order valence-corrected chi connectivity index (χ1v) is 7.33. The van der Waals surface area contributed by atoms with Crippen molar-refractivity contribution in [1.29, 1.82) is 0 Å². The summed E-state index contributed by atoms with van der Waals surface area (Å²) in [6.45, 7) is 10.0. The molecule has 1 rings (SSSR count). The Balaban J connectivity index is 2.14. The van der Waals surface area contributed by atoms with E-state index in [0.29, 0.717) is 18.2 Å². The van der Waals surface area contributed by atoms with Crippen LogP contribution in [0, 0.1) is 5.92 Å². The Bertz CT molecular complexity index is 235. The lowest BCUT2D eigenvalue weighted by Crippen LogP contribution is -2.49. The van der Waals surface area contributed by atoms with Crippen molar-refractivity contribution in [3.05, 3.63) is 0 Å². The molecule has 0 spiro atoms. The van der Waals surface area contributed by atoms with Crippen LogP contribution in [0.1, 0.15) is 39.5 Å². The van der Waals surface area contributed by atoms with Gasteiger partial charge in [0.05, 0.1) is 0 Å². The van der Waals surface area contributed by atoms with Crippen LogP contribution in [0.2, 0.25) is 0 Å². The summed E-state index contributed by atoms with van der Waals surface area (Å²) in [5.74, 6) is 0.791. The van der Waals surface area contributed by atoms with Crippen LogP contribution in [-0.4, -0.2) is 55.0 Å². The van der Waals surface area contributed by atoms with Gasteiger partial charge in [-0.1, -0.05) is 20.3 Å². The van der Waals surface area contributed by atoms with E-state index in [1.54, 1.807) is 0 Å². The first kappa shape index (κ1) is 15.4. The largest absolute Gasteiger partial charge is 0.340 e. The highest BCUT2D eigenvalue weighted by Gasteiger charge is 2.20. The maximum atomic E-state index is 11.9. The van der Waals surface area contributed by atoms with Gasteiger partial charge in [0, 0.05) is 32.6 Å². The fourth-order valence-corrected chi connectivity index (χ4v) is 2.36. The molecule has 0 radical (unpaired) electrons. The molecular formula is C14H29N3O. The summed E-state index contributed by atoms with van der Waals surface area (Å²) in [5.41, 5.74) is 5.48. The van der Waals surface area contributed by atoms with Crippen molar-refractivity contribution in [2.24, 2.45) is 11.7 Å². The third-order valence-electron chi connectivity index (χ3n) is 3.49. The van der Waals surface area contributed by atoms with Crippen LogP contribution in [0.25, 0.3) is 0 Å². The fourth-order valence-electron chi connectivity index (χ4n) is 2.36. The number of hydrogen-bond acceptors (Lipinski definition) is 3. The van der Waals surface area contributed by atoms with Gasteiger partial charge in [0.25, 0.3) is 0 Å².